The molecule has 1 amide bonds. The molecule has 0 aromatic heterocycles. The molecule has 1 unspecified atom stereocenters. The molecule has 2 aromatic carbocycles. The molecule has 1 heterocycles. The molecule has 2 aromatic rings. The van der Waals surface area contributed by atoms with E-state index in [0.717, 1.165) is 36.6 Å². The van der Waals surface area contributed by atoms with Crippen molar-refractivity contribution in [3.63, 3.8) is 0 Å². The van der Waals surface area contributed by atoms with Crippen LogP contribution >= 0.6 is 11.8 Å². The van der Waals surface area contributed by atoms with E-state index in [1.165, 1.54) is 5.56 Å². The Bertz CT molecular complexity index is 679. The third-order valence-electron chi connectivity index (χ3n) is 4.10. The van der Waals surface area contributed by atoms with Gasteiger partial charge in [0.25, 0.3) is 5.91 Å². The molecule has 1 atom stereocenters. The van der Waals surface area contributed by atoms with E-state index in [2.05, 4.69) is 11.6 Å². The second-order valence-electron chi connectivity index (χ2n) is 6.05. The van der Waals surface area contributed by atoms with Crippen LogP contribution in [0.1, 0.15) is 28.8 Å². The summed E-state index contributed by atoms with van der Waals surface area (Å²) in [6.45, 7) is 1.41. The lowest BCUT2D eigenvalue weighted by molar-refractivity contribution is 0.0679. The summed E-state index contributed by atoms with van der Waals surface area (Å²) in [6, 6.07) is 15.1. The lowest BCUT2D eigenvalue weighted by Gasteiger charge is -2.12. The number of benzene rings is 2. The lowest BCUT2D eigenvalue weighted by atomic mass is 10.1. The highest BCUT2D eigenvalue weighted by molar-refractivity contribution is 7.97. The minimum Gasteiger partial charge on any atom is -0.491 e. The SMILES string of the molecule is CSCc1ccc(C(=O)Nc2ccc(OCC3CCCO3)cc2)cc1. The fourth-order valence-electron chi connectivity index (χ4n) is 2.72. The molecule has 1 aliphatic heterocycles. The van der Waals surface area contributed by atoms with Crippen molar-refractivity contribution in [2.24, 2.45) is 0 Å². The summed E-state index contributed by atoms with van der Waals surface area (Å²) in [6.07, 6.45) is 4.43. The predicted molar refractivity (Wildman–Crippen MR) is 103 cm³/mol. The highest BCUT2D eigenvalue weighted by Crippen LogP contribution is 2.19. The summed E-state index contributed by atoms with van der Waals surface area (Å²) in [4.78, 5) is 12.3. The number of hydrogen-bond acceptors (Lipinski definition) is 4. The van der Waals surface area contributed by atoms with Crippen molar-refractivity contribution < 1.29 is 14.3 Å². The lowest BCUT2D eigenvalue weighted by Crippen LogP contribution is -2.16. The van der Waals surface area contributed by atoms with Gasteiger partial charge in [0.05, 0.1) is 6.10 Å². The third kappa shape index (κ3) is 5.25. The molecule has 1 saturated heterocycles. The van der Waals surface area contributed by atoms with Crippen LogP contribution in [0.5, 0.6) is 5.75 Å². The number of nitrogens with one attached hydrogen (secondary N) is 1. The Morgan fingerprint density at radius 2 is 1.96 bits per heavy atom. The van der Waals surface area contributed by atoms with Gasteiger partial charge in [-0.1, -0.05) is 12.1 Å². The monoisotopic (exact) mass is 357 g/mol. The van der Waals surface area contributed by atoms with Gasteiger partial charge in [-0.3, -0.25) is 4.79 Å². The summed E-state index contributed by atoms with van der Waals surface area (Å²) in [7, 11) is 0. The molecule has 1 fully saturated rings. The van der Waals surface area contributed by atoms with E-state index < -0.39 is 0 Å². The van der Waals surface area contributed by atoms with Crippen molar-refractivity contribution >= 4 is 23.4 Å². The summed E-state index contributed by atoms with van der Waals surface area (Å²) >= 11 is 1.76. The maximum absolute atomic E-state index is 12.3. The molecule has 3 rings (SSSR count). The Morgan fingerprint density at radius 1 is 1.20 bits per heavy atom. The fourth-order valence-corrected chi connectivity index (χ4v) is 3.25. The summed E-state index contributed by atoms with van der Waals surface area (Å²) < 4.78 is 11.3. The first kappa shape index (κ1) is 17.8. The van der Waals surface area contributed by atoms with Gasteiger partial charge in [0.1, 0.15) is 12.4 Å². The number of thioether (sulfide) groups is 1. The Morgan fingerprint density at radius 3 is 2.60 bits per heavy atom. The number of carbonyl (C=O) groups is 1. The van der Waals surface area contributed by atoms with Crippen molar-refractivity contribution in [1.82, 2.24) is 0 Å². The first-order valence-corrected chi connectivity index (χ1v) is 9.87. The zero-order chi connectivity index (χ0) is 17.5. The molecule has 0 aliphatic carbocycles. The average Bonchev–Trinajstić information content (AvgIpc) is 3.15. The van der Waals surface area contributed by atoms with Crippen LogP contribution in [0.3, 0.4) is 0 Å². The standard InChI is InChI=1S/C20H23NO3S/c1-25-14-15-4-6-16(7-5-15)20(22)21-17-8-10-18(11-9-17)24-13-19-3-2-12-23-19/h4-11,19H,2-3,12-14H2,1H3,(H,21,22). The number of rotatable bonds is 7. The largest absolute Gasteiger partial charge is 0.491 e. The van der Waals surface area contributed by atoms with E-state index in [-0.39, 0.29) is 12.0 Å². The number of ether oxygens (including phenoxy) is 2. The fraction of sp³-hybridized carbons (Fsp3) is 0.350. The van der Waals surface area contributed by atoms with Gasteiger partial charge in [-0.2, -0.15) is 11.8 Å². The molecule has 0 spiro atoms. The van der Waals surface area contributed by atoms with Crippen LogP contribution in [-0.4, -0.2) is 31.5 Å². The molecular weight excluding hydrogens is 334 g/mol. The Kier molecular flexibility index (Phi) is 6.36. The number of hydrogen-bond donors (Lipinski definition) is 1. The molecular formula is C20H23NO3S. The normalized spacial score (nSPS) is 16.6. The van der Waals surface area contributed by atoms with E-state index in [1.807, 2.05) is 48.5 Å². The third-order valence-corrected chi connectivity index (χ3v) is 4.72. The Hall–Kier alpha value is -1.98. The topological polar surface area (TPSA) is 47.6 Å². The summed E-state index contributed by atoms with van der Waals surface area (Å²) in [5.41, 5.74) is 2.63. The van der Waals surface area contributed by atoms with Crippen LogP contribution in [0.4, 0.5) is 5.69 Å². The van der Waals surface area contributed by atoms with Crippen LogP contribution in [0.2, 0.25) is 0 Å². The minimum absolute atomic E-state index is 0.108. The molecule has 5 heteroatoms. The number of amides is 1. The second-order valence-corrected chi connectivity index (χ2v) is 6.92. The average molecular weight is 357 g/mol. The molecule has 0 bridgehead atoms. The molecule has 0 radical (unpaired) electrons. The van der Waals surface area contributed by atoms with Crippen molar-refractivity contribution in [3.8, 4) is 5.75 Å². The van der Waals surface area contributed by atoms with Gasteiger partial charge in [-0.05, 0) is 61.1 Å². The van der Waals surface area contributed by atoms with Gasteiger partial charge in [-0.25, -0.2) is 0 Å². The van der Waals surface area contributed by atoms with Crippen LogP contribution in [0.25, 0.3) is 0 Å². The van der Waals surface area contributed by atoms with Gasteiger partial charge >= 0.3 is 0 Å². The van der Waals surface area contributed by atoms with Crippen molar-refractivity contribution in [1.29, 1.82) is 0 Å². The zero-order valence-corrected chi connectivity index (χ0v) is 15.2. The van der Waals surface area contributed by atoms with E-state index in [0.29, 0.717) is 12.2 Å². The first-order valence-electron chi connectivity index (χ1n) is 8.48. The van der Waals surface area contributed by atoms with Gasteiger partial charge in [0, 0.05) is 23.6 Å². The van der Waals surface area contributed by atoms with Crippen LogP contribution in [-0.2, 0) is 10.5 Å². The van der Waals surface area contributed by atoms with Gasteiger partial charge in [0.2, 0.25) is 0 Å². The summed E-state index contributed by atoms with van der Waals surface area (Å²) in [5, 5.41) is 2.91. The molecule has 132 valence electrons. The predicted octanol–water partition coefficient (Wildman–Crippen LogP) is 4.36. The maximum atomic E-state index is 12.3. The highest BCUT2D eigenvalue weighted by atomic mass is 32.2. The highest BCUT2D eigenvalue weighted by Gasteiger charge is 2.15. The molecule has 0 saturated carbocycles. The molecule has 1 aliphatic rings. The first-order chi connectivity index (χ1) is 12.2. The van der Waals surface area contributed by atoms with Gasteiger partial charge in [-0.15, -0.1) is 0 Å². The van der Waals surface area contributed by atoms with Crippen molar-refractivity contribution in [2.75, 3.05) is 24.8 Å². The van der Waals surface area contributed by atoms with Crippen LogP contribution < -0.4 is 10.1 Å². The van der Waals surface area contributed by atoms with E-state index in [9.17, 15) is 4.79 Å². The quantitative estimate of drug-likeness (QED) is 0.800. The van der Waals surface area contributed by atoms with Gasteiger partial charge < -0.3 is 14.8 Å². The number of anilines is 1. The van der Waals surface area contributed by atoms with Crippen LogP contribution in [0.15, 0.2) is 48.5 Å². The zero-order valence-electron chi connectivity index (χ0n) is 14.4. The van der Waals surface area contributed by atoms with Crippen LogP contribution in [0, 0.1) is 0 Å². The minimum atomic E-state index is -0.108. The molecule has 4 nitrogen and oxygen atoms in total. The Labute approximate surface area is 152 Å². The van der Waals surface area contributed by atoms with Crippen molar-refractivity contribution in [2.45, 2.75) is 24.7 Å². The maximum Gasteiger partial charge on any atom is 0.255 e. The van der Waals surface area contributed by atoms with E-state index >= 15 is 0 Å². The second kappa shape index (κ2) is 8.92. The Balaban J connectivity index is 1.52. The van der Waals surface area contributed by atoms with E-state index in [1.54, 1.807) is 11.8 Å². The number of carbonyl (C=O) groups excluding carboxylic acids is 1. The molecule has 1 N–H and O–H groups in total. The van der Waals surface area contributed by atoms with Gasteiger partial charge in [0.15, 0.2) is 0 Å². The molecule has 25 heavy (non-hydrogen) atoms. The summed E-state index contributed by atoms with van der Waals surface area (Å²) in [5.74, 6) is 1.63. The van der Waals surface area contributed by atoms with E-state index in [4.69, 9.17) is 9.47 Å². The van der Waals surface area contributed by atoms with Crippen molar-refractivity contribution in [3.05, 3.63) is 59.7 Å². The smallest absolute Gasteiger partial charge is 0.255 e.